The summed E-state index contributed by atoms with van der Waals surface area (Å²) in [5, 5.41) is 13.0. The molecule has 0 saturated carbocycles. The van der Waals surface area contributed by atoms with Crippen molar-refractivity contribution in [3.63, 3.8) is 0 Å². The van der Waals surface area contributed by atoms with Gasteiger partial charge in [-0.2, -0.15) is 0 Å². The van der Waals surface area contributed by atoms with Gasteiger partial charge in [0.25, 0.3) is 5.91 Å². The summed E-state index contributed by atoms with van der Waals surface area (Å²) < 4.78 is 5.95. The molecule has 0 fully saturated rings. The van der Waals surface area contributed by atoms with Crippen molar-refractivity contribution in [3.8, 4) is 17.2 Å². The van der Waals surface area contributed by atoms with Crippen molar-refractivity contribution in [2.45, 2.75) is 46.5 Å². The number of phenolic OH excluding ortho intramolecular Hbond substituents is 1. The van der Waals surface area contributed by atoms with Crippen molar-refractivity contribution in [1.82, 2.24) is 0 Å². The zero-order chi connectivity index (χ0) is 21.9. The molecule has 0 spiro atoms. The largest absolute Gasteiger partial charge is 0.506 e. The predicted octanol–water partition coefficient (Wildman–Crippen LogP) is 6.74. The van der Waals surface area contributed by atoms with E-state index in [1.165, 1.54) is 5.56 Å². The molecular weight excluding hydrogens is 374 g/mol. The lowest BCUT2D eigenvalue weighted by Gasteiger charge is -2.23. The minimum Gasteiger partial charge on any atom is -0.506 e. The number of hydrogen-bond acceptors (Lipinski definition) is 3. The second-order valence-electron chi connectivity index (χ2n) is 8.32. The summed E-state index contributed by atoms with van der Waals surface area (Å²) in [6.07, 6.45) is 1.06. The summed E-state index contributed by atoms with van der Waals surface area (Å²) in [5.74, 6) is 1.05. The molecule has 4 nitrogen and oxygen atoms in total. The highest BCUT2D eigenvalue weighted by atomic mass is 16.5. The molecule has 0 bridgehead atoms. The zero-order valence-corrected chi connectivity index (χ0v) is 18.2. The van der Waals surface area contributed by atoms with E-state index >= 15 is 0 Å². The Morgan fingerprint density at radius 2 is 1.70 bits per heavy atom. The maximum atomic E-state index is 12.7. The number of amides is 1. The lowest BCUT2D eigenvalue weighted by molar-refractivity contribution is 0.102. The number of rotatable bonds is 6. The Morgan fingerprint density at radius 1 is 1.00 bits per heavy atom. The van der Waals surface area contributed by atoms with E-state index < -0.39 is 0 Å². The molecule has 1 amide bonds. The van der Waals surface area contributed by atoms with Gasteiger partial charge < -0.3 is 15.2 Å². The number of nitrogens with one attached hydrogen (secondary N) is 1. The third-order valence-corrected chi connectivity index (χ3v) is 5.55. The molecule has 0 aliphatic rings. The van der Waals surface area contributed by atoms with Gasteiger partial charge in [0.15, 0.2) is 0 Å². The number of aromatic hydroxyl groups is 1. The van der Waals surface area contributed by atoms with Crippen LogP contribution in [-0.4, -0.2) is 11.0 Å². The fourth-order valence-electron chi connectivity index (χ4n) is 3.31. The SMILES string of the molecule is CCC(C)(C)c1ccc(Oc2cccc(C(=O)Nc3c(C)cc(C)cc3O)c2)cc1. The van der Waals surface area contributed by atoms with Crippen molar-refractivity contribution in [3.05, 3.63) is 82.9 Å². The number of anilines is 1. The normalized spacial score (nSPS) is 11.2. The smallest absolute Gasteiger partial charge is 0.255 e. The van der Waals surface area contributed by atoms with Crippen molar-refractivity contribution in [1.29, 1.82) is 0 Å². The molecule has 0 radical (unpaired) electrons. The number of benzene rings is 3. The number of ether oxygens (including phenoxy) is 1. The van der Waals surface area contributed by atoms with Crippen LogP contribution in [0.2, 0.25) is 0 Å². The first kappa shape index (κ1) is 21.4. The Bertz CT molecular complexity index is 1030. The molecule has 0 aliphatic carbocycles. The van der Waals surface area contributed by atoms with Crippen molar-refractivity contribution in [2.24, 2.45) is 0 Å². The fraction of sp³-hybridized carbons (Fsp3) is 0.269. The van der Waals surface area contributed by atoms with Gasteiger partial charge in [0, 0.05) is 5.56 Å². The van der Waals surface area contributed by atoms with Crippen LogP contribution in [0.15, 0.2) is 60.7 Å². The molecule has 0 aliphatic heterocycles. The van der Waals surface area contributed by atoms with E-state index in [-0.39, 0.29) is 17.1 Å². The zero-order valence-electron chi connectivity index (χ0n) is 18.2. The van der Waals surface area contributed by atoms with Gasteiger partial charge >= 0.3 is 0 Å². The van der Waals surface area contributed by atoms with Crippen LogP contribution in [0.4, 0.5) is 5.69 Å². The van der Waals surface area contributed by atoms with Gasteiger partial charge in [-0.3, -0.25) is 4.79 Å². The third kappa shape index (κ3) is 4.82. The Balaban J connectivity index is 1.76. The molecule has 0 atom stereocenters. The third-order valence-electron chi connectivity index (χ3n) is 5.55. The topological polar surface area (TPSA) is 58.6 Å². The van der Waals surface area contributed by atoms with Gasteiger partial charge in [0.05, 0.1) is 5.69 Å². The minimum absolute atomic E-state index is 0.0587. The van der Waals surface area contributed by atoms with E-state index in [1.54, 1.807) is 24.3 Å². The monoisotopic (exact) mass is 403 g/mol. The average Bonchev–Trinajstić information content (AvgIpc) is 2.71. The van der Waals surface area contributed by atoms with Gasteiger partial charge in [0.1, 0.15) is 17.2 Å². The van der Waals surface area contributed by atoms with Crippen LogP contribution in [0.5, 0.6) is 17.2 Å². The average molecular weight is 404 g/mol. The van der Waals surface area contributed by atoms with Crippen LogP contribution >= 0.6 is 0 Å². The summed E-state index contributed by atoms with van der Waals surface area (Å²) in [6.45, 7) is 10.4. The van der Waals surface area contributed by atoms with Gasteiger partial charge in [-0.25, -0.2) is 0 Å². The molecule has 4 heteroatoms. The number of aryl methyl sites for hydroxylation is 2. The highest BCUT2D eigenvalue weighted by Gasteiger charge is 2.18. The Morgan fingerprint density at radius 3 is 2.33 bits per heavy atom. The van der Waals surface area contributed by atoms with E-state index in [4.69, 9.17) is 4.74 Å². The molecule has 2 N–H and O–H groups in total. The molecule has 3 aromatic rings. The van der Waals surface area contributed by atoms with Gasteiger partial charge in [0.2, 0.25) is 0 Å². The van der Waals surface area contributed by atoms with Gasteiger partial charge in [-0.1, -0.05) is 45.0 Å². The summed E-state index contributed by atoms with van der Waals surface area (Å²) >= 11 is 0. The molecule has 0 aromatic heterocycles. The standard InChI is InChI=1S/C26H29NO3/c1-6-26(4,5)20-10-12-21(13-11-20)30-22-9-7-8-19(16-22)25(29)27-24-18(3)14-17(2)15-23(24)28/h7-16,28H,6H2,1-5H3,(H,27,29). The molecule has 156 valence electrons. The maximum absolute atomic E-state index is 12.7. The van der Waals surface area contributed by atoms with Crippen molar-refractivity contribution in [2.75, 3.05) is 5.32 Å². The van der Waals surface area contributed by atoms with Crippen LogP contribution in [0.1, 0.15) is 54.2 Å². The van der Waals surface area contributed by atoms with Gasteiger partial charge in [-0.05, 0) is 78.8 Å². The summed E-state index contributed by atoms with van der Waals surface area (Å²) in [7, 11) is 0. The van der Waals surface area contributed by atoms with Crippen LogP contribution in [-0.2, 0) is 5.41 Å². The minimum atomic E-state index is -0.303. The second-order valence-corrected chi connectivity index (χ2v) is 8.32. The molecule has 3 aromatic carbocycles. The van der Waals surface area contributed by atoms with Crippen molar-refractivity contribution < 1.29 is 14.6 Å². The van der Waals surface area contributed by atoms with Crippen LogP contribution in [0, 0.1) is 13.8 Å². The summed E-state index contributed by atoms with van der Waals surface area (Å²) in [4.78, 5) is 12.7. The van der Waals surface area contributed by atoms with Crippen LogP contribution < -0.4 is 10.1 Å². The van der Waals surface area contributed by atoms with E-state index in [2.05, 4.69) is 38.2 Å². The highest BCUT2D eigenvalue weighted by molar-refractivity contribution is 6.05. The first-order chi connectivity index (χ1) is 14.2. The number of phenols is 1. The maximum Gasteiger partial charge on any atom is 0.255 e. The molecular formula is C26H29NO3. The quantitative estimate of drug-likeness (QED) is 0.448. The molecule has 3 rings (SSSR count). The lowest BCUT2D eigenvalue weighted by Crippen LogP contribution is -2.14. The highest BCUT2D eigenvalue weighted by Crippen LogP contribution is 2.31. The number of hydrogen-bond donors (Lipinski definition) is 2. The summed E-state index contributed by atoms with van der Waals surface area (Å²) in [6, 6.07) is 18.6. The van der Waals surface area contributed by atoms with Crippen molar-refractivity contribution >= 4 is 11.6 Å². The Kier molecular flexibility index (Phi) is 6.16. The van der Waals surface area contributed by atoms with Crippen LogP contribution in [0.3, 0.4) is 0 Å². The first-order valence-electron chi connectivity index (χ1n) is 10.2. The fourth-order valence-corrected chi connectivity index (χ4v) is 3.31. The van der Waals surface area contributed by atoms with Crippen LogP contribution in [0.25, 0.3) is 0 Å². The van der Waals surface area contributed by atoms with E-state index in [1.807, 2.05) is 38.1 Å². The molecule has 0 unspecified atom stereocenters. The first-order valence-corrected chi connectivity index (χ1v) is 10.2. The van der Waals surface area contributed by atoms with E-state index in [9.17, 15) is 9.90 Å². The molecule has 0 saturated heterocycles. The Hall–Kier alpha value is -3.27. The lowest BCUT2D eigenvalue weighted by atomic mass is 9.82. The van der Waals surface area contributed by atoms with E-state index in [0.717, 1.165) is 23.3 Å². The summed E-state index contributed by atoms with van der Waals surface area (Å²) in [5.41, 5.74) is 4.01. The van der Waals surface area contributed by atoms with Gasteiger partial charge in [-0.15, -0.1) is 0 Å². The number of carbonyl (C=O) groups excluding carboxylic acids is 1. The number of carbonyl (C=O) groups is 1. The Labute approximate surface area is 178 Å². The molecule has 0 heterocycles. The van der Waals surface area contributed by atoms with E-state index in [0.29, 0.717) is 17.0 Å². The molecule has 30 heavy (non-hydrogen) atoms. The second kappa shape index (κ2) is 8.62. The predicted molar refractivity (Wildman–Crippen MR) is 122 cm³/mol.